The van der Waals surface area contributed by atoms with Crippen molar-refractivity contribution in [1.29, 1.82) is 0 Å². The van der Waals surface area contributed by atoms with Crippen LogP contribution in [0.4, 0.5) is 0 Å². The standard InChI is InChI=1S/C23H25Cl/c1-4-16-11-15(2)12-17(13-16)23(3)21-8-6-5-7-19(21)20-14-18(24)9-10-22(20)23/h5-10,12,14-16H,4,11,13H2,1-3H3. The van der Waals surface area contributed by atoms with Gasteiger partial charge in [-0.05, 0) is 66.0 Å². The molecule has 1 heteroatoms. The summed E-state index contributed by atoms with van der Waals surface area (Å²) < 4.78 is 0. The fraction of sp³-hybridized carbons (Fsp3) is 0.391. The van der Waals surface area contributed by atoms with E-state index in [1.54, 1.807) is 5.57 Å². The van der Waals surface area contributed by atoms with Crippen molar-refractivity contribution in [3.8, 4) is 11.1 Å². The van der Waals surface area contributed by atoms with Gasteiger partial charge in [-0.15, -0.1) is 0 Å². The molecule has 2 aromatic rings. The maximum Gasteiger partial charge on any atom is 0.0412 e. The molecule has 0 radical (unpaired) electrons. The third-order valence-electron chi connectivity index (χ3n) is 6.20. The Balaban J connectivity index is 1.94. The van der Waals surface area contributed by atoms with Crippen LogP contribution in [0.2, 0.25) is 5.02 Å². The van der Waals surface area contributed by atoms with Crippen molar-refractivity contribution in [3.63, 3.8) is 0 Å². The summed E-state index contributed by atoms with van der Waals surface area (Å²) >= 11 is 6.32. The van der Waals surface area contributed by atoms with Crippen molar-refractivity contribution in [3.05, 3.63) is 70.3 Å². The van der Waals surface area contributed by atoms with Crippen LogP contribution in [-0.2, 0) is 5.41 Å². The van der Waals surface area contributed by atoms with Crippen LogP contribution in [-0.4, -0.2) is 0 Å². The molecule has 2 aromatic carbocycles. The van der Waals surface area contributed by atoms with Crippen LogP contribution in [0.25, 0.3) is 11.1 Å². The first-order chi connectivity index (χ1) is 11.5. The van der Waals surface area contributed by atoms with E-state index in [0.717, 1.165) is 10.9 Å². The van der Waals surface area contributed by atoms with Crippen molar-refractivity contribution in [2.24, 2.45) is 11.8 Å². The van der Waals surface area contributed by atoms with Crippen molar-refractivity contribution in [2.45, 2.75) is 45.4 Å². The van der Waals surface area contributed by atoms with Gasteiger partial charge in [-0.1, -0.05) is 73.9 Å². The molecule has 0 amide bonds. The minimum atomic E-state index is -0.0153. The van der Waals surface area contributed by atoms with Crippen molar-refractivity contribution in [1.82, 2.24) is 0 Å². The maximum absolute atomic E-state index is 6.32. The predicted octanol–water partition coefficient (Wildman–Crippen LogP) is 7.01. The fourth-order valence-corrected chi connectivity index (χ4v) is 5.07. The molecule has 3 atom stereocenters. The van der Waals surface area contributed by atoms with Gasteiger partial charge in [0.05, 0.1) is 0 Å². The van der Waals surface area contributed by atoms with Crippen LogP contribution in [0.1, 0.15) is 51.2 Å². The summed E-state index contributed by atoms with van der Waals surface area (Å²) in [6, 6.07) is 15.3. The predicted molar refractivity (Wildman–Crippen MR) is 104 cm³/mol. The molecule has 0 aromatic heterocycles. The van der Waals surface area contributed by atoms with Gasteiger partial charge >= 0.3 is 0 Å². The summed E-state index contributed by atoms with van der Waals surface area (Å²) in [5.74, 6) is 1.47. The van der Waals surface area contributed by atoms with Gasteiger partial charge in [-0.25, -0.2) is 0 Å². The Morgan fingerprint density at radius 2 is 1.83 bits per heavy atom. The van der Waals surface area contributed by atoms with E-state index >= 15 is 0 Å². The lowest BCUT2D eigenvalue weighted by Gasteiger charge is -2.37. The van der Waals surface area contributed by atoms with Crippen LogP contribution >= 0.6 is 11.6 Å². The Morgan fingerprint density at radius 1 is 1.08 bits per heavy atom. The third kappa shape index (κ3) is 2.27. The number of allylic oxidation sites excluding steroid dienone is 2. The van der Waals surface area contributed by atoms with E-state index < -0.39 is 0 Å². The van der Waals surface area contributed by atoms with E-state index in [2.05, 4.69) is 69.3 Å². The summed E-state index contributed by atoms with van der Waals surface area (Å²) in [7, 11) is 0. The number of fused-ring (bicyclic) bond motifs is 3. The second-order valence-corrected chi connectivity index (χ2v) is 8.18. The lowest BCUT2D eigenvalue weighted by atomic mass is 9.67. The van der Waals surface area contributed by atoms with Gasteiger partial charge in [0, 0.05) is 10.4 Å². The molecule has 0 saturated carbocycles. The molecule has 24 heavy (non-hydrogen) atoms. The average Bonchev–Trinajstić information content (AvgIpc) is 2.84. The van der Waals surface area contributed by atoms with Gasteiger partial charge in [0.15, 0.2) is 0 Å². The molecular weight excluding hydrogens is 312 g/mol. The van der Waals surface area contributed by atoms with Crippen LogP contribution in [0.15, 0.2) is 54.1 Å². The maximum atomic E-state index is 6.32. The highest BCUT2D eigenvalue weighted by Crippen LogP contribution is 2.55. The van der Waals surface area contributed by atoms with Gasteiger partial charge in [0.25, 0.3) is 0 Å². The van der Waals surface area contributed by atoms with Crippen LogP contribution in [0.5, 0.6) is 0 Å². The molecule has 4 rings (SSSR count). The number of rotatable bonds is 2. The largest absolute Gasteiger partial charge is 0.0843 e. The van der Waals surface area contributed by atoms with Gasteiger partial charge < -0.3 is 0 Å². The molecule has 0 spiro atoms. The highest BCUT2D eigenvalue weighted by atomic mass is 35.5. The Kier molecular flexibility index (Phi) is 3.84. The van der Waals surface area contributed by atoms with Gasteiger partial charge in [-0.2, -0.15) is 0 Å². The summed E-state index contributed by atoms with van der Waals surface area (Å²) in [4.78, 5) is 0. The Bertz CT molecular complexity index is 817. The highest BCUT2D eigenvalue weighted by molar-refractivity contribution is 6.31. The van der Waals surface area contributed by atoms with E-state index in [0.29, 0.717) is 5.92 Å². The van der Waals surface area contributed by atoms with Crippen LogP contribution in [0, 0.1) is 11.8 Å². The van der Waals surface area contributed by atoms with E-state index in [1.807, 2.05) is 0 Å². The van der Waals surface area contributed by atoms with Crippen molar-refractivity contribution < 1.29 is 0 Å². The van der Waals surface area contributed by atoms with E-state index in [4.69, 9.17) is 11.6 Å². The van der Waals surface area contributed by atoms with Crippen LogP contribution < -0.4 is 0 Å². The topological polar surface area (TPSA) is 0 Å². The van der Waals surface area contributed by atoms with Gasteiger partial charge in [0.1, 0.15) is 0 Å². The zero-order valence-electron chi connectivity index (χ0n) is 14.8. The van der Waals surface area contributed by atoms with E-state index in [1.165, 1.54) is 41.5 Å². The summed E-state index contributed by atoms with van der Waals surface area (Å²) in [6.07, 6.45) is 6.36. The molecule has 3 unspecified atom stereocenters. The molecule has 0 aliphatic heterocycles. The second-order valence-electron chi connectivity index (χ2n) is 7.74. The lowest BCUT2D eigenvalue weighted by Crippen LogP contribution is -2.28. The molecule has 0 saturated heterocycles. The highest BCUT2D eigenvalue weighted by Gasteiger charge is 2.43. The Hall–Kier alpha value is -1.53. The first-order valence-electron chi connectivity index (χ1n) is 9.15. The van der Waals surface area contributed by atoms with Crippen molar-refractivity contribution in [2.75, 3.05) is 0 Å². The number of hydrogen-bond acceptors (Lipinski definition) is 0. The molecule has 2 aliphatic carbocycles. The quantitative estimate of drug-likeness (QED) is 0.517. The number of halogens is 1. The zero-order chi connectivity index (χ0) is 16.9. The SMILES string of the molecule is CCC1CC(C2(C)c3ccccc3-c3cc(Cl)ccc32)=CC(C)C1. The minimum Gasteiger partial charge on any atom is -0.0843 e. The number of hydrogen-bond donors (Lipinski definition) is 0. The fourth-order valence-electron chi connectivity index (χ4n) is 4.90. The van der Waals surface area contributed by atoms with Gasteiger partial charge in [0.2, 0.25) is 0 Å². The normalized spacial score (nSPS) is 28.2. The first-order valence-corrected chi connectivity index (χ1v) is 9.53. The third-order valence-corrected chi connectivity index (χ3v) is 6.43. The Labute approximate surface area is 150 Å². The monoisotopic (exact) mass is 336 g/mol. The van der Waals surface area contributed by atoms with Crippen molar-refractivity contribution >= 4 is 11.6 Å². The molecule has 124 valence electrons. The molecule has 0 fully saturated rings. The van der Waals surface area contributed by atoms with Gasteiger partial charge in [-0.3, -0.25) is 0 Å². The summed E-state index contributed by atoms with van der Waals surface area (Å²) in [6.45, 7) is 7.12. The van der Waals surface area contributed by atoms with E-state index in [9.17, 15) is 0 Å². The molecule has 0 nitrogen and oxygen atoms in total. The molecular formula is C23H25Cl. The number of benzene rings is 2. The Morgan fingerprint density at radius 3 is 2.62 bits per heavy atom. The smallest absolute Gasteiger partial charge is 0.0412 e. The lowest BCUT2D eigenvalue weighted by molar-refractivity contribution is 0.373. The van der Waals surface area contributed by atoms with Crippen LogP contribution in [0.3, 0.4) is 0 Å². The first kappa shape index (κ1) is 16.0. The molecule has 0 heterocycles. The zero-order valence-corrected chi connectivity index (χ0v) is 15.5. The molecule has 0 bridgehead atoms. The second kappa shape index (κ2) is 5.77. The van der Waals surface area contributed by atoms with E-state index in [-0.39, 0.29) is 5.41 Å². The molecule has 0 N–H and O–H groups in total. The molecule has 2 aliphatic rings. The summed E-state index contributed by atoms with van der Waals surface area (Å²) in [5, 5.41) is 0.824. The minimum absolute atomic E-state index is 0.0153. The average molecular weight is 337 g/mol. The summed E-state index contributed by atoms with van der Waals surface area (Å²) in [5.41, 5.74) is 7.11.